The Labute approximate surface area is 78.1 Å². The highest BCUT2D eigenvalue weighted by atomic mass is 16.5. The molecule has 0 spiro atoms. The Kier molecular flexibility index (Phi) is 2.45. The van der Waals surface area contributed by atoms with Crippen molar-refractivity contribution in [2.45, 2.75) is 19.9 Å². The minimum absolute atomic E-state index is 0.702. The van der Waals surface area contributed by atoms with Crippen molar-refractivity contribution < 1.29 is 4.74 Å². The van der Waals surface area contributed by atoms with Crippen LogP contribution in [0.5, 0.6) is 5.75 Å². The third-order valence-corrected chi connectivity index (χ3v) is 2.20. The number of pyridine rings is 1. The molecule has 70 valence electrons. The van der Waals surface area contributed by atoms with Crippen molar-refractivity contribution >= 4 is 0 Å². The molecular weight excluding hydrogens is 164 g/mol. The van der Waals surface area contributed by atoms with Gasteiger partial charge in [-0.15, -0.1) is 0 Å². The fourth-order valence-electron chi connectivity index (χ4n) is 1.57. The van der Waals surface area contributed by atoms with Crippen LogP contribution in [0.25, 0.3) is 0 Å². The quantitative estimate of drug-likeness (QED) is 0.737. The van der Waals surface area contributed by atoms with Crippen molar-refractivity contribution in [1.29, 1.82) is 0 Å². The summed E-state index contributed by atoms with van der Waals surface area (Å²) in [5.41, 5.74) is 2.49. The molecule has 0 saturated heterocycles. The number of hydrogen-bond acceptors (Lipinski definition) is 3. The molecule has 1 aliphatic heterocycles. The van der Waals surface area contributed by atoms with E-state index < -0.39 is 0 Å². The Bertz CT molecular complexity index is 299. The van der Waals surface area contributed by atoms with Gasteiger partial charge in [-0.2, -0.15) is 0 Å². The molecule has 2 rings (SSSR count). The largest absolute Gasteiger partial charge is 0.492 e. The normalized spacial score (nSPS) is 15.2. The lowest BCUT2D eigenvalue weighted by molar-refractivity contribution is 0.337. The Morgan fingerprint density at radius 2 is 2.54 bits per heavy atom. The van der Waals surface area contributed by atoms with E-state index in [0.29, 0.717) is 6.61 Å². The van der Waals surface area contributed by atoms with Gasteiger partial charge < -0.3 is 10.1 Å². The van der Waals surface area contributed by atoms with Gasteiger partial charge in [0.2, 0.25) is 0 Å². The van der Waals surface area contributed by atoms with Gasteiger partial charge in [0, 0.05) is 25.2 Å². The van der Waals surface area contributed by atoms with Crippen LogP contribution in [0.3, 0.4) is 0 Å². The number of ether oxygens (including phenoxy) is 1. The molecule has 1 aliphatic rings. The zero-order valence-corrected chi connectivity index (χ0v) is 7.84. The van der Waals surface area contributed by atoms with Crippen molar-refractivity contribution in [3.05, 3.63) is 23.5 Å². The van der Waals surface area contributed by atoms with E-state index in [1.54, 1.807) is 0 Å². The maximum Gasteiger partial charge on any atom is 0.137 e. The second kappa shape index (κ2) is 3.75. The molecular formula is C10H14N2O. The highest BCUT2D eigenvalue weighted by Crippen LogP contribution is 2.17. The SMILES string of the molecule is CCOc1cnc2c(c1)CNCC2. The first-order chi connectivity index (χ1) is 6.40. The summed E-state index contributed by atoms with van der Waals surface area (Å²) in [6.07, 6.45) is 2.84. The number of fused-ring (bicyclic) bond motifs is 1. The third kappa shape index (κ3) is 1.80. The first-order valence-corrected chi connectivity index (χ1v) is 4.71. The van der Waals surface area contributed by atoms with E-state index in [1.807, 2.05) is 13.1 Å². The number of hydrogen-bond donors (Lipinski definition) is 1. The van der Waals surface area contributed by atoms with Crippen molar-refractivity contribution in [2.75, 3.05) is 13.2 Å². The first-order valence-electron chi connectivity index (χ1n) is 4.71. The van der Waals surface area contributed by atoms with Gasteiger partial charge in [0.1, 0.15) is 5.75 Å². The van der Waals surface area contributed by atoms with Crippen LogP contribution in [0.15, 0.2) is 12.3 Å². The van der Waals surface area contributed by atoms with Crippen LogP contribution >= 0.6 is 0 Å². The summed E-state index contributed by atoms with van der Waals surface area (Å²) >= 11 is 0. The smallest absolute Gasteiger partial charge is 0.137 e. The molecule has 13 heavy (non-hydrogen) atoms. The van der Waals surface area contributed by atoms with E-state index in [1.165, 1.54) is 11.3 Å². The topological polar surface area (TPSA) is 34.1 Å². The number of nitrogens with zero attached hydrogens (tertiary/aromatic N) is 1. The fourth-order valence-corrected chi connectivity index (χ4v) is 1.57. The zero-order valence-electron chi connectivity index (χ0n) is 7.84. The Morgan fingerprint density at radius 1 is 1.62 bits per heavy atom. The van der Waals surface area contributed by atoms with Gasteiger partial charge in [0.25, 0.3) is 0 Å². The highest BCUT2D eigenvalue weighted by molar-refractivity contribution is 5.30. The monoisotopic (exact) mass is 178 g/mol. The van der Waals surface area contributed by atoms with Crippen molar-refractivity contribution in [3.63, 3.8) is 0 Å². The summed E-state index contributed by atoms with van der Waals surface area (Å²) in [6.45, 7) is 4.64. The molecule has 0 bridgehead atoms. The van der Waals surface area contributed by atoms with Gasteiger partial charge in [0.05, 0.1) is 12.8 Å². The molecule has 0 radical (unpaired) electrons. The highest BCUT2D eigenvalue weighted by Gasteiger charge is 2.10. The maximum absolute atomic E-state index is 5.38. The minimum Gasteiger partial charge on any atom is -0.492 e. The van der Waals surface area contributed by atoms with E-state index in [4.69, 9.17) is 4.74 Å². The molecule has 1 aromatic rings. The lowest BCUT2D eigenvalue weighted by Crippen LogP contribution is -2.24. The van der Waals surface area contributed by atoms with Gasteiger partial charge >= 0.3 is 0 Å². The van der Waals surface area contributed by atoms with E-state index in [0.717, 1.165) is 25.3 Å². The molecule has 3 nitrogen and oxygen atoms in total. The molecule has 1 aromatic heterocycles. The average Bonchev–Trinajstić information content (AvgIpc) is 2.18. The van der Waals surface area contributed by atoms with Gasteiger partial charge in [-0.25, -0.2) is 0 Å². The predicted molar refractivity (Wildman–Crippen MR) is 50.8 cm³/mol. The van der Waals surface area contributed by atoms with Crippen LogP contribution in [-0.2, 0) is 13.0 Å². The van der Waals surface area contributed by atoms with E-state index in [2.05, 4.69) is 16.4 Å². The number of aromatic nitrogens is 1. The molecule has 0 unspecified atom stereocenters. The molecule has 0 amide bonds. The molecule has 0 saturated carbocycles. The molecule has 0 fully saturated rings. The van der Waals surface area contributed by atoms with Gasteiger partial charge in [0.15, 0.2) is 0 Å². The van der Waals surface area contributed by atoms with Crippen molar-refractivity contribution in [2.24, 2.45) is 0 Å². The van der Waals surface area contributed by atoms with Crippen LogP contribution in [0, 0.1) is 0 Å². The van der Waals surface area contributed by atoms with Crippen LogP contribution in [0.4, 0.5) is 0 Å². The second-order valence-electron chi connectivity index (χ2n) is 3.14. The number of rotatable bonds is 2. The van der Waals surface area contributed by atoms with Crippen molar-refractivity contribution in [1.82, 2.24) is 10.3 Å². The molecule has 2 heterocycles. The molecule has 1 N–H and O–H groups in total. The van der Waals surface area contributed by atoms with Gasteiger partial charge in [-0.05, 0) is 18.6 Å². The summed E-state index contributed by atoms with van der Waals surface area (Å²) in [5.74, 6) is 0.880. The van der Waals surface area contributed by atoms with Gasteiger partial charge in [-0.3, -0.25) is 4.98 Å². The third-order valence-electron chi connectivity index (χ3n) is 2.20. The molecule has 0 aromatic carbocycles. The molecule has 3 heteroatoms. The summed E-state index contributed by atoms with van der Waals surface area (Å²) in [5, 5.41) is 3.31. The lowest BCUT2D eigenvalue weighted by atomic mass is 10.1. The zero-order chi connectivity index (χ0) is 9.10. The summed E-state index contributed by atoms with van der Waals surface area (Å²) in [7, 11) is 0. The molecule has 0 atom stereocenters. The standard InChI is InChI=1S/C10H14N2O/c1-2-13-9-5-8-6-11-4-3-10(8)12-7-9/h5,7,11H,2-4,6H2,1H3. The molecule has 0 aliphatic carbocycles. The summed E-state index contributed by atoms with van der Waals surface area (Å²) in [4.78, 5) is 4.37. The summed E-state index contributed by atoms with van der Waals surface area (Å²) in [6, 6.07) is 2.08. The van der Waals surface area contributed by atoms with Crippen LogP contribution < -0.4 is 10.1 Å². The van der Waals surface area contributed by atoms with Crippen LogP contribution in [-0.4, -0.2) is 18.1 Å². The fraction of sp³-hybridized carbons (Fsp3) is 0.500. The predicted octanol–water partition coefficient (Wildman–Crippen LogP) is 1.13. The Hall–Kier alpha value is -1.09. The average molecular weight is 178 g/mol. The van der Waals surface area contributed by atoms with E-state index >= 15 is 0 Å². The van der Waals surface area contributed by atoms with E-state index in [-0.39, 0.29) is 0 Å². The second-order valence-corrected chi connectivity index (χ2v) is 3.14. The van der Waals surface area contributed by atoms with Crippen molar-refractivity contribution in [3.8, 4) is 5.75 Å². The summed E-state index contributed by atoms with van der Waals surface area (Å²) < 4.78 is 5.38. The van der Waals surface area contributed by atoms with E-state index in [9.17, 15) is 0 Å². The maximum atomic E-state index is 5.38. The number of nitrogens with one attached hydrogen (secondary N) is 1. The Balaban J connectivity index is 2.24. The minimum atomic E-state index is 0.702. The van der Waals surface area contributed by atoms with Crippen LogP contribution in [0.2, 0.25) is 0 Å². The van der Waals surface area contributed by atoms with Crippen LogP contribution in [0.1, 0.15) is 18.2 Å². The van der Waals surface area contributed by atoms with Gasteiger partial charge in [-0.1, -0.05) is 0 Å². The Morgan fingerprint density at radius 3 is 3.38 bits per heavy atom. The lowest BCUT2D eigenvalue weighted by Gasteiger charge is -2.16. The first kappa shape index (κ1) is 8.51.